The van der Waals surface area contributed by atoms with Gasteiger partial charge in [0.15, 0.2) is 5.96 Å². The minimum atomic E-state index is 0.541. The number of hydrogen-bond acceptors (Lipinski definition) is 1. The summed E-state index contributed by atoms with van der Waals surface area (Å²) in [5.41, 5.74) is 6.02. The Hall–Kier alpha value is -0.730. The van der Waals surface area contributed by atoms with Crippen molar-refractivity contribution < 1.29 is 0 Å². The highest BCUT2D eigenvalue weighted by Gasteiger charge is 2.27. The summed E-state index contributed by atoms with van der Waals surface area (Å²) in [6.07, 6.45) is 5.05. The number of nitrogens with zero attached hydrogens (tertiary/aromatic N) is 2. The highest BCUT2D eigenvalue weighted by molar-refractivity contribution is 5.78. The molecule has 1 aliphatic carbocycles. The maximum Gasteiger partial charge on any atom is 0.191 e. The predicted octanol–water partition coefficient (Wildman–Crippen LogP) is 1.58. The molecule has 3 nitrogen and oxygen atoms in total. The molecule has 2 rings (SSSR count). The zero-order chi connectivity index (χ0) is 10.1. The highest BCUT2D eigenvalue weighted by Crippen LogP contribution is 2.25. The molecule has 1 saturated carbocycles. The molecule has 0 bridgehead atoms. The molecule has 1 aliphatic heterocycles. The van der Waals surface area contributed by atoms with Crippen molar-refractivity contribution in [3.8, 4) is 0 Å². The van der Waals surface area contributed by atoms with E-state index in [0.29, 0.717) is 12.1 Å². The second kappa shape index (κ2) is 3.79. The van der Waals surface area contributed by atoms with Crippen LogP contribution in [0.2, 0.25) is 0 Å². The molecule has 0 spiro atoms. The third-order valence-corrected chi connectivity index (χ3v) is 3.27. The van der Waals surface area contributed by atoms with Crippen LogP contribution < -0.4 is 5.73 Å². The van der Waals surface area contributed by atoms with Crippen LogP contribution in [0.5, 0.6) is 0 Å². The van der Waals surface area contributed by atoms with Crippen molar-refractivity contribution in [1.82, 2.24) is 4.90 Å². The van der Waals surface area contributed by atoms with E-state index in [0.717, 1.165) is 18.4 Å². The van der Waals surface area contributed by atoms with Gasteiger partial charge in [0.05, 0.1) is 6.04 Å². The van der Waals surface area contributed by atoms with Gasteiger partial charge in [-0.15, -0.1) is 0 Å². The second-order valence-electron chi connectivity index (χ2n) is 4.90. The maximum absolute atomic E-state index is 6.02. The van der Waals surface area contributed by atoms with E-state index < -0.39 is 0 Å². The maximum atomic E-state index is 6.02. The number of aliphatic imine (C=N–C) groups is 1. The van der Waals surface area contributed by atoms with E-state index in [1.807, 2.05) is 0 Å². The molecule has 1 saturated heterocycles. The van der Waals surface area contributed by atoms with Crippen molar-refractivity contribution >= 4 is 5.96 Å². The Morgan fingerprint density at radius 3 is 2.57 bits per heavy atom. The van der Waals surface area contributed by atoms with Gasteiger partial charge in [0.1, 0.15) is 0 Å². The van der Waals surface area contributed by atoms with E-state index in [1.54, 1.807) is 0 Å². The van der Waals surface area contributed by atoms with Crippen molar-refractivity contribution in [2.24, 2.45) is 16.6 Å². The summed E-state index contributed by atoms with van der Waals surface area (Å²) >= 11 is 0. The average Bonchev–Trinajstić information content (AvgIpc) is 2.93. The van der Waals surface area contributed by atoms with Gasteiger partial charge in [-0.1, -0.05) is 6.92 Å². The number of piperidine rings is 1. The zero-order valence-electron chi connectivity index (χ0n) is 9.24. The Morgan fingerprint density at radius 1 is 1.21 bits per heavy atom. The Bertz CT molecular complexity index is 233. The van der Waals surface area contributed by atoms with Gasteiger partial charge in [-0.25, -0.2) is 4.99 Å². The van der Waals surface area contributed by atoms with Crippen LogP contribution in [0.15, 0.2) is 4.99 Å². The minimum absolute atomic E-state index is 0.541. The van der Waals surface area contributed by atoms with E-state index in [1.165, 1.54) is 25.7 Å². The van der Waals surface area contributed by atoms with Crippen LogP contribution in [0.1, 0.15) is 39.5 Å². The SMILES string of the molecule is CC1CCC(C)N(C(N)=NC2CC2)C1. The molecule has 0 aromatic carbocycles. The van der Waals surface area contributed by atoms with Crippen LogP contribution in [0.3, 0.4) is 0 Å². The fraction of sp³-hybridized carbons (Fsp3) is 0.909. The Labute approximate surface area is 86.4 Å². The summed E-state index contributed by atoms with van der Waals surface area (Å²) in [6, 6.07) is 1.12. The number of guanidine groups is 1. The molecule has 2 unspecified atom stereocenters. The van der Waals surface area contributed by atoms with Crippen LogP contribution >= 0.6 is 0 Å². The number of rotatable bonds is 1. The van der Waals surface area contributed by atoms with Gasteiger partial charge in [-0.2, -0.15) is 0 Å². The molecule has 0 amide bonds. The fourth-order valence-electron chi connectivity index (χ4n) is 2.07. The van der Waals surface area contributed by atoms with Crippen LogP contribution in [-0.2, 0) is 0 Å². The molecule has 0 aromatic rings. The minimum Gasteiger partial charge on any atom is -0.370 e. The topological polar surface area (TPSA) is 41.6 Å². The standard InChI is InChI=1S/C11H21N3/c1-8-3-4-9(2)14(7-8)11(12)13-10-5-6-10/h8-10H,3-7H2,1-2H3,(H2,12,13). The normalized spacial score (nSPS) is 34.7. The molecule has 3 heteroatoms. The molecular formula is C11H21N3. The van der Waals surface area contributed by atoms with Crippen molar-refractivity contribution in [3.05, 3.63) is 0 Å². The smallest absolute Gasteiger partial charge is 0.191 e. The van der Waals surface area contributed by atoms with Crippen LogP contribution in [0.25, 0.3) is 0 Å². The van der Waals surface area contributed by atoms with E-state index in [9.17, 15) is 0 Å². The van der Waals surface area contributed by atoms with Gasteiger partial charge in [0.25, 0.3) is 0 Å². The Balaban J connectivity index is 1.99. The molecule has 2 atom stereocenters. The molecular weight excluding hydrogens is 174 g/mol. The molecule has 2 fully saturated rings. The molecule has 2 N–H and O–H groups in total. The largest absolute Gasteiger partial charge is 0.370 e. The van der Waals surface area contributed by atoms with Crippen molar-refractivity contribution in [1.29, 1.82) is 0 Å². The predicted molar refractivity (Wildman–Crippen MR) is 59.2 cm³/mol. The summed E-state index contributed by atoms with van der Waals surface area (Å²) in [5, 5.41) is 0. The Morgan fingerprint density at radius 2 is 1.93 bits per heavy atom. The highest BCUT2D eigenvalue weighted by atomic mass is 15.3. The van der Waals surface area contributed by atoms with Crippen molar-refractivity contribution in [2.45, 2.75) is 51.6 Å². The lowest BCUT2D eigenvalue weighted by Gasteiger charge is -2.37. The summed E-state index contributed by atoms with van der Waals surface area (Å²) in [7, 11) is 0. The molecule has 0 radical (unpaired) electrons. The van der Waals surface area contributed by atoms with Crippen LogP contribution in [-0.4, -0.2) is 29.5 Å². The third-order valence-electron chi connectivity index (χ3n) is 3.27. The fourth-order valence-corrected chi connectivity index (χ4v) is 2.07. The monoisotopic (exact) mass is 195 g/mol. The van der Waals surface area contributed by atoms with E-state index in [4.69, 9.17) is 5.73 Å². The average molecular weight is 195 g/mol. The first-order chi connectivity index (χ1) is 6.66. The second-order valence-corrected chi connectivity index (χ2v) is 4.90. The molecule has 80 valence electrons. The molecule has 0 aromatic heterocycles. The first-order valence-corrected chi connectivity index (χ1v) is 5.76. The molecule has 14 heavy (non-hydrogen) atoms. The van der Waals surface area contributed by atoms with Gasteiger partial charge in [-0.3, -0.25) is 0 Å². The summed E-state index contributed by atoms with van der Waals surface area (Å²) < 4.78 is 0. The molecule has 2 aliphatic rings. The van der Waals surface area contributed by atoms with E-state index in [-0.39, 0.29) is 0 Å². The quantitative estimate of drug-likeness (QED) is 0.510. The van der Waals surface area contributed by atoms with Crippen molar-refractivity contribution in [3.63, 3.8) is 0 Å². The first kappa shape index (κ1) is 9.81. The summed E-state index contributed by atoms with van der Waals surface area (Å²) in [5.74, 6) is 1.55. The summed E-state index contributed by atoms with van der Waals surface area (Å²) in [6.45, 7) is 5.63. The number of likely N-dealkylation sites (tertiary alicyclic amines) is 1. The summed E-state index contributed by atoms with van der Waals surface area (Å²) in [4.78, 5) is 6.80. The Kier molecular flexibility index (Phi) is 2.66. The van der Waals surface area contributed by atoms with E-state index >= 15 is 0 Å². The van der Waals surface area contributed by atoms with Gasteiger partial charge < -0.3 is 10.6 Å². The number of hydrogen-bond donors (Lipinski definition) is 1. The lowest BCUT2D eigenvalue weighted by atomic mass is 9.95. The lowest BCUT2D eigenvalue weighted by Crippen LogP contribution is -2.48. The van der Waals surface area contributed by atoms with E-state index in [2.05, 4.69) is 23.7 Å². The van der Waals surface area contributed by atoms with Crippen LogP contribution in [0, 0.1) is 5.92 Å². The zero-order valence-corrected chi connectivity index (χ0v) is 9.24. The van der Waals surface area contributed by atoms with Crippen molar-refractivity contribution in [2.75, 3.05) is 6.54 Å². The van der Waals surface area contributed by atoms with Gasteiger partial charge in [0.2, 0.25) is 0 Å². The first-order valence-electron chi connectivity index (χ1n) is 5.76. The lowest BCUT2D eigenvalue weighted by molar-refractivity contribution is 0.204. The van der Waals surface area contributed by atoms with Gasteiger partial charge in [0, 0.05) is 12.6 Å². The molecule has 1 heterocycles. The third kappa shape index (κ3) is 2.20. The van der Waals surface area contributed by atoms with Gasteiger partial charge >= 0.3 is 0 Å². The van der Waals surface area contributed by atoms with Gasteiger partial charge in [-0.05, 0) is 38.5 Å². The van der Waals surface area contributed by atoms with Crippen LogP contribution in [0.4, 0.5) is 0 Å². The number of nitrogens with two attached hydrogens (primary N) is 1.